The van der Waals surface area contributed by atoms with E-state index in [4.69, 9.17) is 9.47 Å². The molecular formula is C19H33N3O3. The maximum Gasteiger partial charge on any atom is 0.310 e. The van der Waals surface area contributed by atoms with Crippen LogP contribution in [0.5, 0.6) is 0 Å². The molecule has 25 heavy (non-hydrogen) atoms. The Morgan fingerprint density at radius 3 is 2.64 bits per heavy atom. The number of aliphatic imine (C=N–C) groups is 1. The molecule has 2 aliphatic carbocycles. The van der Waals surface area contributed by atoms with E-state index in [0.717, 1.165) is 25.5 Å². The van der Waals surface area contributed by atoms with Crippen molar-refractivity contribution in [3.63, 3.8) is 0 Å². The standard InChI is InChI=1S/C19H33N3O3/c1-5-25-16-10-15(19(16)8-6-7-9-19)21-18(20-3)22-11-13(2)14(12-22)17(23)24-4/h13-16H,5-12H2,1-4H3,(H,20,21). The molecule has 0 amide bonds. The number of guanidine groups is 1. The number of nitrogens with one attached hydrogen (secondary N) is 1. The fraction of sp³-hybridized carbons (Fsp3) is 0.895. The molecule has 4 unspecified atom stereocenters. The first kappa shape index (κ1) is 18.5. The first-order valence-electron chi connectivity index (χ1n) is 9.73. The Morgan fingerprint density at radius 2 is 2.04 bits per heavy atom. The molecule has 1 aliphatic heterocycles. The molecule has 0 aromatic heterocycles. The molecule has 3 aliphatic rings. The molecule has 0 aromatic carbocycles. The van der Waals surface area contributed by atoms with Crippen LogP contribution in [0.4, 0.5) is 0 Å². The fourth-order valence-electron chi connectivity index (χ4n) is 5.14. The molecule has 4 atom stereocenters. The molecule has 0 aromatic rings. The second-order valence-electron chi connectivity index (χ2n) is 7.88. The second-order valence-corrected chi connectivity index (χ2v) is 7.88. The molecule has 1 heterocycles. The van der Waals surface area contributed by atoms with Gasteiger partial charge in [0.2, 0.25) is 0 Å². The van der Waals surface area contributed by atoms with E-state index < -0.39 is 0 Å². The molecule has 6 nitrogen and oxygen atoms in total. The molecule has 1 N–H and O–H groups in total. The number of rotatable bonds is 4. The smallest absolute Gasteiger partial charge is 0.310 e. The number of esters is 1. The summed E-state index contributed by atoms with van der Waals surface area (Å²) in [4.78, 5) is 18.7. The lowest BCUT2D eigenvalue weighted by molar-refractivity contribution is -0.145. The molecule has 6 heteroatoms. The lowest BCUT2D eigenvalue weighted by atomic mass is 9.60. The van der Waals surface area contributed by atoms with E-state index in [0.29, 0.717) is 18.7 Å². The van der Waals surface area contributed by atoms with Crippen LogP contribution >= 0.6 is 0 Å². The highest BCUT2D eigenvalue weighted by Gasteiger charge is 2.57. The summed E-state index contributed by atoms with van der Waals surface area (Å²) in [5, 5.41) is 3.71. The van der Waals surface area contributed by atoms with Crippen molar-refractivity contribution in [3.8, 4) is 0 Å². The van der Waals surface area contributed by atoms with E-state index in [1.54, 1.807) is 0 Å². The highest BCUT2D eigenvalue weighted by Crippen LogP contribution is 2.54. The third kappa shape index (κ3) is 3.25. The van der Waals surface area contributed by atoms with E-state index >= 15 is 0 Å². The van der Waals surface area contributed by atoms with Crippen LogP contribution in [0, 0.1) is 17.3 Å². The molecule has 142 valence electrons. The van der Waals surface area contributed by atoms with Crippen LogP contribution in [0.2, 0.25) is 0 Å². The van der Waals surface area contributed by atoms with Gasteiger partial charge in [0.15, 0.2) is 5.96 Å². The zero-order valence-electron chi connectivity index (χ0n) is 16.1. The predicted octanol–water partition coefficient (Wildman–Crippen LogP) is 2.04. The van der Waals surface area contributed by atoms with E-state index in [-0.39, 0.29) is 23.2 Å². The Kier molecular flexibility index (Phi) is 5.56. The van der Waals surface area contributed by atoms with Gasteiger partial charge in [-0.25, -0.2) is 0 Å². The number of hydrogen-bond donors (Lipinski definition) is 1. The van der Waals surface area contributed by atoms with Gasteiger partial charge in [-0.3, -0.25) is 9.79 Å². The van der Waals surface area contributed by atoms with Crippen molar-refractivity contribution in [2.75, 3.05) is 33.9 Å². The summed E-state index contributed by atoms with van der Waals surface area (Å²) in [6, 6.07) is 0.428. The first-order chi connectivity index (χ1) is 12.1. The number of likely N-dealkylation sites (tertiary alicyclic amines) is 1. The van der Waals surface area contributed by atoms with Crippen molar-refractivity contribution in [1.82, 2.24) is 10.2 Å². The Bertz CT molecular complexity index is 516. The molecular weight excluding hydrogens is 318 g/mol. The van der Waals surface area contributed by atoms with Gasteiger partial charge < -0.3 is 19.7 Å². The van der Waals surface area contributed by atoms with Crippen LogP contribution in [0.3, 0.4) is 0 Å². The van der Waals surface area contributed by atoms with Gasteiger partial charge in [-0.15, -0.1) is 0 Å². The van der Waals surface area contributed by atoms with E-state index in [1.165, 1.54) is 32.8 Å². The summed E-state index contributed by atoms with van der Waals surface area (Å²) < 4.78 is 11.0. The topological polar surface area (TPSA) is 63.2 Å². The number of methoxy groups -OCH3 is 1. The first-order valence-corrected chi connectivity index (χ1v) is 9.73. The minimum absolute atomic E-state index is 0.0680. The molecule has 3 rings (SSSR count). The van der Waals surface area contributed by atoms with Crippen LogP contribution in [0.15, 0.2) is 4.99 Å². The summed E-state index contributed by atoms with van der Waals surface area (Å²) >= 11 is 0. The molecule has 2 saturated carbocycles. The largest absolute Gasteiger partial charge is 0.469 e. The normalized spacial score (nSPS) is 34.2. The van der Waals surface area contributed by atoms with Crippen molar-refractivity contribution in [3.05, 3.63) is 0 Å². The minimum atomic E-state index is -0.113. The molecule has 1 saturated heterocycles. The van der Waals surface area contributed by atoms with Gasteiger partial charge in [0, 0.05) is 38.2 Å². The van der Waals surface area contributed by atoms with Crippen molar-refractivity contribution in [1.29, 1.82) is 0 Å². The number of carbonyl (C=O) groups is 1. The van der Waals surface area contributed by atoms with Gasteiger partial charge >= 0.3 is 5.97 Å². The summed E-state index contributed by atoms with van der Waals surface area (Å²) in [7, 11) is 3.30. The number of ether oxygens (including phenoxy) is 2. The van der Waals surface area contributed by atoms with Crippen molar-refractivity contribution in [2.24, 2.45) is 22.2 Å². The van der Waals surface area contributed by atoms with Crippen LogP contribution in [-0.2, 0) is 14.3 Å². The van der Waals surface area contributed by atoms with Gasteiger partial charge in [0.05, 0.1) is 19.1 Å². The van der Waals surface area contributed by atoms with E-state index in [1.807, 2.05) is 7.05 Å². The third-order valence-electron chi connectivity index (χ3n) is 6.62. The van der Waals surface area contributed by atoms with Crippen LogP contribution in [-0.4, -0.2) is 62.8 Å². The quantitative estimate of drug-likeness (QED) is 0.477. The summed E-state index contributed by atoms with van der Waals surface area (Å²) in [5.74, 6) is 1.02. The zero-order chi connectivity index (χ0) is 18.0. The van der Waals surface area contributed by atoms with E-state index in [9.17, 15) is 4.79 Å². The molecule has 1 spiro atoms. The minimum Gasteiger partial charge on any atom is -0.469 e. The maximum atomic E-state index is 12.0. The lowest BCUT2D eigenvalue weighted by Gasteiger charge is -2.54. The van der Waals surface area contributed by atoms with Gasteiger partial charge in [0.25, 0.3) is 0 Å². The van der Waals surface area contributed by atoms with Crippen molar-refractivity contribution >= 4 is 11.9 Å². The van der Waals surface area contributed by atoms with Gasteiger partial charge in [-0.2, -0.15) is 0 Å². The molecule has 0 radical (unpaired) electrons. The van der Waals surface area contributed by atoms with Crippen LogP contribution in [0.25, 0.3) is 0 Å². The SMILES string of the molecule is CCOC1CC(NC(=NC)N2CC(C)C(C(=O)OC)C2)C12CCCC2. The zero-order valence-corrected chi connectivity index (χ0v) is 16.1. The van der Waals surface area contributed by atoms with Crippen LogP contribution < -0.4 is 5.32 Å². The summed E-state index contributed by atoms with van der Waals surface area (Å²) in [5.41, 5.74) is 0.277. The Balaban J connectivity index is 1.64. The van der Waals surface area contributed by atoms with Crippen LogP contribution in [0.1, 0.15) is 46.0 Å². The Hall–Kier alpha value is -1.30. The second kappa shape index (κ2) is 7.52. The predicted molar refractivity (Wildman–Crippen MR) is 97.5 cm³/mol. The van der Waals surface area contributed by atoms with E-state index in [2.05, 4.69) is 29.1 Å². The van der Waals surface area contributed by atoms with Gasteiger partial charge in [-0.05, 0) is 32.1 Å². The van der Waals surface area contributed by atoms with Crippen molar-refractivity contribution in [2.45, 2.75) is 58.1 Å². The third-order valence-corrected chi connectivity index (χ3v) is 6.62. The molecule has 0 bridgehead atoms. The maximum absolute atomic E-state index is 12.0. The monoisotopic (exact) mass is 351 g/mol. The number of carbonyl (C=O) groups excluding carboxylic acids is 1. The average Bonchev–Trinajstić information content (AvgIpc) is 3.25. The lowest BCUT2D eigenvalue weighted by Crippen LogP contribution is -2.65. The number of hydrogen-bond acceptors (Lipinski definition) is 4. The molecule has 3 fully saturated rings. The Morgan fingerprint density at radius 1 is 1.32 bits per heavy atom. The summed E-state index contributed by atoms with van der Waals surface area (Å²) in [6.07, 6.45) is 6.52. The fourth-order valence-corrected chi connectivity index (χ4v) is 5.14. The highest BCUT2D eigenvalue weighted by atomic mass is 16.5. The highest BCUT2D eigenvalue weighted by molar-refractivity contribution is 5.82. The average molecular weight is 351 g/mol. The summed E-state index contributed by atoms with van der Waals surface area (Å²) in [6.45, 7) is 6.51. The van der Waals surface area contributed by atoms with Gasteiger partial charge in [0.1, 0.15) is 0 Å². The van der Waals surface area contributed by atoms with Crippen molar-refractivity contribution < 1.29 is 14.3 Å². The van der Waals surface area contributed by atoms with Gasteiger partial charge in [-0.1, -0.05) is 19.8 Å². The number of nitrogens with zero attached hydrogens (tertiary/aromatic N) is 2. The Labute approximate surface area is 151 Å².